The minimum absolute atomic E-state index is 0.137. The third kappa shape index (κ3) is 12.5. The fraction of sp³-hybridized carbons (Fsp3) is 0.941. The van der Waals surface area contributed by atoms with Crippen LogP contribution in [0.25, 0.3) is 0 Å². The van der Waals surface area contributed by atoms with Crippen LogP contribution in [-0.4, -0.2) is 25.0 Å². The van der Waals surface area contributed by atoms with Crippen molar-refractivity contribution in [3.8, 4) is 0 Å². The molecule has 0 aromatic carbocycles. The van der Waals surface area contributed by atoms with Gasteiger partial charge in [0.25, 0.3) is 0 Å². The van der Waals surface area contributed by atoms with E-state index in [9.17, 15) is 4.79 Å². The van der Waals surface area contributed by atoms with E-state index in [1.807, 2.05) is 0 Å². The molecule has 0 aliphatic carbocycles. The Kier molecular flexibility index (Phi) is 14.4. The van der Waals surface area contributed by atoms with Crippen LogP contribution in [0, 0.1) is 0 Å². The van der Waals surface area contributed by atoms with E-state index in [0.29, 0.717) is 12.6 Å². The van der Waals surface area contributed by atoms with E-state index in [-0.39, 0.29) is 5.91 Å². The maximum absolute atomic E-state index is 11.6. The molecule has 3 heteroatoms. The number of carbonyl (C=O) groups excluding carboxylic acids is 1. The summed E-state index contributed by atoms with van der Waals surface area (Å²) >= 11 is 0. The van der Waals surface area contributed by atoms with Gasteiger partial charge < -0.3 is 10.6 Å². The highest BCUT2D eigenvalue weighted by atomic mass is 16.1. The summed E-state index contributed by atoms with van der Waals surface area (Å²) < 4.78 is 0. The van der Waals surface area contributed by atoms with Crippen molar-refractivity contribution in [2.24, 2.45) is 0 Å². The van der Waals surface area contributed by atoms with Crippen LogP contribution < -0.4 is 10.6 Å². The highest BCUT2D eigenvalue weighted by Crippen LogP contribution is 2.07. The zero-order valence-corrected chi connectivity index (χ0v) is 14.0. The third-order valence-corrected chi connectivity index (χ3v) is 3.84. The Bertz CT molecular complexity index is 215. The monoisotopic (exact) mass is 284 g/mol. The summed E-state index contributed by atoms with van der Waals surface area (Å²) in [4.78, 5) is 11.6. The van der Waals surface area contributed by atoms with Crippen molar-refractivity contribution in [2.75, 3.05) is 13.1 Å². The molecule has 0 atom stereocenters. The summed E-state index contributed by atoms with van der Waals surface area (Å²) in [5.41, 5.74) is 0. The summed E-state index contributed by atoms with van der Waals surface area (Å²) in [5.74, 6) is 0.137. The minimum Gasteiger partial charge on any atom is -0.352 e. The summed E-state index contributed by atoms with van der Waals surface area (Å²) in [6.07, 6.45) is 12.7. The molecule has 0 spiro atoms. The third-order valence-electron chi connectivity index (χ3n) is 3.84. The first kappa shape index (κ1) is 19.4. The first-order valence-corrected chi connectivity index (χ1v) is 8.74. The molecule has 2 N–H and O–H groups in total. The maximum atomic E-state index is 11.6. The lowest BCUT2D eigenvalue weighted by Gasteiger charge is -2.14. The minimum atomic E-state index is 0.137. The largest absolute Gasteiger partial charge is 0.352 e. The second-order valence-corrected chi connectivity index (χ2v) is 5.73. The molecule has 0 heterocycles. The van der Waals surface area contributed by atoms with Crippen LogP contribution in [-0.2, 0) is 4.79 Å². The summed E-state index contributed by atoms with van der Waals surface area (Å²) in [6, 6.07) is 0.340. The first-order chi connectivity index (χ1) is 9.74. The first-order valence-electron chi connectivity index (χ1n) is 8.74. The van der Waals surface area contributed by atoms with E-state index in [4.69, 9.17) is 0 Å². The Labute approximate surface area is 126 Å². The number of carbonyl (C=O) groups is 1. The molecule has 20 heavy (non-hydrogen) atoms. The molecule has 0 aromatic heterocycles. The fourth-order valence-corrected chi connectivity index (χ4v) is 2.36. The van der Waals surface area contributed by atoms with Crippen molar-refractivity contribution in [1.82, 2.24) is 10.6 Å². The van der Waals surface area contributed by atoms with Gasteiger partial charge in [-0.1, -0.05) is 65.7 Å². The normalized spacial score (nSPS) is 11.0. The van der Waals surface area contributed by atoms with E-state index in [2.05, 4.69) is 31.4 Å². The Morgan fingerprint density at radius 3 is 1.95 bits per heavy atom. The van der Waals surface area contributed by atoms with Crippen LogP contribution in [0.2, 0.25) is 0 Å². The molecule has 0 saturated heterocycles. The van der Waals surface area contributed by atoms with Gasteiger partial charge in [0.15, 0.2) is 0 Å². The number of rotatable bonds is 14. The average Bonchev–Trinajstić information content (AvgIpc) is 2.46. The molecular formula is C17H36N2O. The van der Waals surface area contributed by atoms with Gasteiger partial charge in [-0.2, -0.15) is 0 Å². The predicted molar refractivity (Wildman–Crippen MR) is 88.0 cm³/mol. The van der Waals surface area contributed by atoms with Gasteiger partial charge in [-0.05, 0) is 25.8 Å². The van der Waals surface area contributed by atoms with Gasteiger partial charge in [-0.3, -0.25) is 4.79 Å². The Balaban J connectivity index is 3.25. The lowest BCUT2D eigenvalue weighted by molar-refractivity contribution is -0.121. The van der Waals surface area contributed by atoms with Crippen molar-refractivity contribution in [3.63, 3.8) is 0 Å². The Hall–Kier alpha value is -0.570. The van der Waals surface area contributed by atoms with Gasteiger partial charge in [0.1, 0.15) is 0 Å². The second-order valence-electron chi connectivity index (χ2n) is 5.73. The van der Waals surface area contributed by atoms with Gasteiger partial charge in [-0.25, -0.2) is 0 Å². The standard InChI is InChI=1S/C17H36N2O/c1-4-7-8-9-10-11-12-13-14-18-15-17(20)19-16(5-2)6-3/h16,18H,4-15H2,1-3H3,(H,19,20). The molecule has 0 fully saturated rings. The molecule has 0 saturated carbocycles. The van der Waals surface area contributed by atoms with E-state index >= 15 is 0 Å². The molecule has 0 unspecified atom stereocenters. The quantitative estimate of drug-likeness (QED) is 0.473. The fourth-order valence-electron chi connectivity index (χ4n) is 2.36. The predicted octanol–water partition coefficient (Wildman–Crippen LogP) is 4.02. The zero-order chi connectivity index (χ0) is 15.1. The summed E-state index contributed by atoms with van der Waals surface area (Å²) in [6.45, 7) is 7.91. The molecule has 0 aromatic rings. The van der Waals surface area contributed by atoms with Crippen molar-refractivity contribution >= 4 is 5.91 Å². The van der Waals surface area contributed by atoms with E-state index in [0.717, 1.165) is 19.4 Å². The van der Waals surface area contributed by atoms with Crippen LogP contribution in [0.1, 0.15) is 85.0 Å². The molecule has 0 aliphatic heterocycles. The van der Waals surface area contributed by atoms with Crippen LogP contribution in [0.15, 0.2) is 0 Å². The molecule has 3 nitrogen and oxygen atoms in total. The number of hydrogen-bond acceptors (Lipinski definition) is 2. The average molecular weight is 284 g/mol. The van der Waals surface area contributed by atoms with Gasteiger partial charge in [0.05, 0.1) is 6.54 Å². The van der Waals surface area contributed by atoms with E-state index in [1.54, 1.807) is 0 Å². The van der Waals surface area contributed by atoms with E-state index in [1.165, 1.54) is 51.4 Å². The van der Waals surface area contributed by atoms with Gasteiger partial charge in [-0.15, -0.1) is 0 Å². The number of hydrogen-bond donors (Lipinski definition) is 2. The van der Waals surface area contributed by atoms with Crippen LogP contribution in [0.3, 0.4) is 0 Å². The second kappa shape index (κ2) is 14.8. The van der Waals surface area contributed by atoms with Crippen LogP contribution >= 0.6 is 0 Å². The topological polar surface area (TPSA) is 41.1 Å². The van der Waals surface area contributed by atoms with Gasteiger partial charge in [0.2, 0.25) is 5.91 Å². The smallest absolute Gasteiger partial charge is 0.234 e. The van der Waals surface area contributed by atoms with Crippen molar-refractivity contribution in [1.29, 1.82) is 0 Å². The number of amides is 1. The molecule has 0 rings (SSSR count). The van der Waals surface area contributed by atoms with Crippen molar-refractivity contribution < 1.29 is 4.79 Å². The molecule has 0 aliphatic rings. The summed E-state index contributed by atoms with van der Waals surface area (Å²) in [5, 5.41) is 6.28. The van der Waals surface area contributed by atoms with Crippen molar-refractivity contribution in [3.05, 3.63) is 0 Å². The summed E-state index contributed by atoms with van der Waals surface area (Å²) in [7, 11) is 0. The maximum Gasteiger partial charge on any atom is 0.234 e. The highest BCUT2D eigenvalue weighted by Gasteiger charge is 2.06. The van der Waals surface area contributed by atoms with Crippen LogP contribution in [0.4, 0.5) is 0 Å². The molecular weight excluding hydrogens is 248 g/mol. The SMILES string of the molecule is CCCCCCCCCCNCC(=O)NC(CC)CC. The molecule has 1 amide bonds. The van der Waals surface area contributed by atoms with Gasteiger partial charge in [0, 0.05) is 6.04 Å². The molecule has 0 bridgehead atoms. The zero-order valence-electron chi connectivity index (χ0n) is 14.0. The number of unbranched alkanes of at least 4 members (excludes halogenated alkanes) is 7. The van der Waals surface area contributed by atoms with Crippen molar-refractivity contribution in [2.45, 2.75) is 91.0 Å². The number of nitrogens with one attached hydrogen (secondary N) is 2. The Morgan fingerprint density at radius 1 is 0.850 bits per heavy atom. The molecule has 120 valence electrons. The molecule has 0 radical (unpaired) electrons. The van der Waals surface area contributed by atoms with Gasteiger partial charge >= 0.3 is 0 Å². The Morgan fingerprint density at radius 2 is 1.40 bits per heavy atom. The lowest BCUT2D eigenvalue weighted by atomic mass is 10.1. The lowest BCUT2D eigenvalue weighted by Crippen LogP contribution is -2.40. The van der Waals surface area contributed by atoms with Crippen LogP contribution in [0.5, 0.6) is 0 Å². The highest BCUT2D eigenvalue weighted by molar-refractivity contribution is 5.78. The van der Waals surface area contributed by atoms with E-state index < -0.39 is 0 Å².